The van der Waals surface area contributed by atoms with Crippen LogP contribution in [0.25, 0.3) is 11.0 Å². The number of anilines is 1. The monoisotopic (exact) mass is 243 g/mol. The molecule has 0 aliphatic heterocycles. The first-order valence-corrected chi connectivity index (χ1v) is 5.25. The molecule has 2 N–H and O–H groups in total. The highest BCUT2D eigenvalue weighted by molar-refractivity contribution is 5.88. The standard InChI is InChI=1S/C11H12F3N3/c1-2-3-17-6-16-9-5-7(11(12,13)14)4-8(15)10(9)17/h4-6H,2-3,15H2,1H3. The van der Waals surface area contributed by atoms with Gasteiger partial charge in [-0.2, -0.15) is 13.2 Å². The Morgan fingerprint density at radius 2 is 2.06 bits per heavy atom. The molecule has 0 amide bonds. The first-order valence-electron chi connectivity index (χ1n) is 5.25. The van der Waals surface area contributed by atoms with Crippen LogP contribution in [-0.4, -0.2) is 9.55 Å². The lowest BCUT2D eigenvalue weighted by Crippen LogP contribution is -2.06. The zero-order chi connectivity index (χ0) is 12.6. The summed E-state index contributed by atoms with van der Waals surface area (Å²) in [6, 6.07) is 1.98. The van der Waals surface area contributed by atoms with E-state index in [-0.39, 0.29) is 11.2 Å². The predicted molar refractivity (Wildman–Crippen MR) is 59.4 cm³/mol. The van der Waals surface area contributed by atoms with Gasteiger partial charge < -0.3 is 10.3 Å². The van der Waals surface area contributed by atoms with Gasteiger partial charge in [0.25, 0.3) is 0 Å². The van der Waals surface area contributed by atoms with Gasteiger partial charge in [0.05, 0.1) is 28.6 Å². The number of hydrogen-bond donors (Lipinski definition) is 1. The number of rotatable bonds is 2. The van der Waals surface area contributed by atoms with Crippen molar-refractivity contribution >= 4 is 16.7 Å². The number of alkyl halides is 3. The Morgan fingerprint density at radius 3 is 2.65 bits per heavy atom. The summed E-state index contributed by atoms with van der Waals surface area (Å²) in [5.74, 6) is 0. The number of aryl methyl sites for hydroxylation is 1. The summed E-state index contributed by atoms with van der Waals surface area (Å²) in [6.45, 7) is 2.66. The zero-order valence-electron chi connectivity index (χ0n) is 9.25. The number of nitrogen functional groups attached to an aromatic ring is 1. The van der Waals surface area contributed by atoms with E-state index in [9.17, 15) is 13.2 Å². The van der Waals surface area contributed by atoms with Gasteiger partial charge in [-0.05, 0) is 18.6 Å². The lowest BCUT2D eigenvalue weighted by molar-refractivity contribution is -0.137. The Morgan fingerprint density at radius 1 is 1.35 bits per heavy atom. The molecule has 0 saturated heterocycles. The third kappa shape index (κ3) is 2.07. The normalized spacial score (nSPS) is 12.2. The number of halogens is 3. The van der Waals surface area contributed by atoms with Crippen molar-refractivity contribution in [3.05, 3.63) is 24.0 Å². The summed E-state index contributed by atoms with van der Waals surface area (Å²) in [6.07, 6.45) is -2.01. The fourth-order valence-electron chi connectivity index (χ4n) is 1.82. The molecule has 1 aromatic heterocycles. The Labute approximate surface area is 96.0 Å². The molecule has 0 bridgehead atoms. The number of aromatic nitrogens is 2. The van der Waals surface area contributed by atoms with Gasteiger partial charge in [0.1, 0.15) is 0 Å². The molecule has 92 valence electrons. The van der Waals surface area contributed by atoms with Gasteiger partial charge in [-0.3, -0.25) is 0 Å². The summed E-state index contributed by atoms with van der Waals surface area (Å²) in [5, 5.41) is 0. The van der Waals surface area contributed by atoms with E-state index >= 15 is 0 Å². The number of benzene rings is 1. The second kappa shape index (κ2) is 3.94. The molecule has 0 aliphatic carbocycles. The maximum absolute atomic E-state index is 12.6. The van der Waals surface area contributed by atoms with Crippen molar-refractivity contribution in [2.24, 2.45) is 0 Å². The van der Waals surface area contributed by atoms with Gasteiger partial charge >= 0.3 is 6.18 Å². The van der Waals surface area contributed by atoms with Gasteiger partial charge in [-0.25, -0.2) is 4.98 Å². The number of fused-ring (bicyclic) bond motifs is 1. The Bertz CT molecular complexity index is 543. The molecule has 0 aliphatic rings. The molecule has 0 atom stereocenters. The van der Waals surface area contributed by atoms with Crippen molar-refractivity contribution in [3.8, 4) is 0 Å². The van der Waals surface area contributed by atoms with Crippen LogP contribution >= 0.6 is 0 Å². The topological polar surface area (TPSA) is 43.8 Å². The lowest BCUT2D eigenvalue weighted by Gasteiger charge is -2.09. The van der Waals surface area contributed by atoms with Crippen molar-refractivity contribution in [1.29, 1.82) is 0 Å². The van der Waals surface area contributed by atoms with Crippen LogP contribution in [0.4, 0.5) is 18.9 Å². The predicted octanol–water partition coefficient (Wildman–Crippen LogP) is 3.05. The van der Waals surface area contributed by atoms with Crippen molar-refractivity contribution < 1.29 is 13.2 Å². The van der Waals surface area contributed by atoms with Crippen LogP contribution in [0.5, 0.6) is 0 Å². The van der Waals surface area contributed by atoms with Crippen LogP contribution in [0.2, 0.25) is 0 Å². The smallest absolute Gasteiger partial charge is 0.397 e. The summed E-state index contributed by atoms with van der Waals surface area (Å²) >= 11 is 0. The molecule has 6 heteroatoms. The SMILES string of the molecule is CCCn1cnc2cc(C(F)(F)F)cc(N)c21. The third-order valence-electron chi connectivity index (χ3n) is 2.53. The molecule has 17 heavy (non-hydrogen) atoms. The average Bonchev–Trinajstić information content (AvgIpc) is 2.61. The average molecular weight is 243 g/mol. The van der Waals surface area contributed by atoms with Crippen molar-refractivity contribution in [3.63, 3.8) is 0 Å². The molecule has 0 spiro atoms. The number of hydrogen-bond acceptors (Lipinski definition) is 2. The fraction of sp³-hybridized carbons (Fsp3) is 0.364. The summed E-state index contributed by atoms with van der Waals surface area (Å²) in [7, 11) is 0. The molecule has 2 rings (SSSR count). The minimum Gasteiger partial charge on any atom is -0.397 e. The van der Waals surface area contributed by atoms with Crippen molar-refractivity contribution in [2.45, 2.75) is 26.1 Å². The highest BCUT2D eigenvalue weighted by Crippen LogP contribution is 2.33. The van der Waals surface area contributed by atoms with Gasteiger partial charge in [-0.15, -0.1) is 0 Å². The van der Waals surface area contributed by atoms with E-state index in [0.717, 1.165) is 18.6 Å². The van der Waals surface area contributed by atoms with E-state index in [1.807, 2.05) is 6.92 Å². The summed E-state index contributed by atoms with van der Waals surface area (Å²) in [4.78, 5) is 3.96. The summed E-state index contributed by atoms with van der Waals surface area (Å²) in [5.41, 5.74) is 5.87. The van der Waals surface area contributed by atoms with E-state index in [4.69, 9.17) is 5.73 Å². The Hall–Kier alpha value is -1.72. The van der Waals surface area contributed by atoms with E-state index in [0.29, 0.717) is 12.1 Å². The van der Waals surface area contributed by atoms with E-state index in [2.05, 4.69) is 4.98 Å². The van der Waals surface area contributed by atoms with Crippen molar-refractivity contribution in [1.82, 2.24) is 9.55 Å². The van der Waals surface area contributed by atoms with Gasteiger partial charge in [-0.1, -0.05) is 6.92 Å². The van der Waals surface area contributed by atoms with Crippen LogP contribution in [0.15, 0.2) is 18.5 Å². The second-order valence-electron chi connectivity index (χ2n) is 3.87. The quantitative estimate of drug-likeness (QED) is 0.824. The van der Waals surface area contributed by atoms with E-state index in [1.54, 1.807) is 4.57 Å². The molecule has 3 nitrogen and oxygen atoms in total. The van der Waals surface area contributed by atoms with Gasteiger partial charge in [0.15, 0.2) is 0 Å². The number of nitrogens with zero attached hydrogens (tertiary/aromatic N) is 2. The van der Waals surface area contributed by atoms with Crippen LogP contribution in [0, 0.1) is 0 Å². The van der Waals surface area contributed by atoms with Crippen molar-refractivity contribution in [2.75, 3.05) is 5.73 Å². The Balaban J connectivity index is 2.61. The maximum Gasteiger partial charge on any atom is 0.416 e. The molecular weight excluding hydrogens is 231 g/mol. The summed E-state index contributed by atoms with van der Waals surface area (Å²) < 4.78 is 39.5. The molecule has 0 radical (unpaired) electrons. The minimum atomic E-state index is -4.39. The van der Waals surface area contributed by atoms with Crippen LogP contribution < -0.4 is 5.73 Å². The second-order valence-corrected chi connectivity index (χ2v) is 3.87. The molecule has 0 fully saturated rings. The largest absolute Gasteiger partial charge is 0.416 e. The molecule has 0 saturated carbocycles. The van der Waals surface area contributed by atoms with Crippen LogP contribution in [-0.2, 0) is 12.7 Å². The van der Waals surface area contributed by atoms with E-state index in [1.165, 1.54) is 6.33 Å². The van der Waals surface area contributed by atoms with Crippen LogP contribution in [0.1, 0.15) is 18.9 Å². The molecule has 2 aromatic rings. The molecule has 1 aromatic carbocycles. The lowest BCUT2D eigenvalue weighted by atomic mass is 10.1. The first-order chi connectivity index (χ1) is 7.93. The fourth-order valence-corrected chi connectivity index (χ4v) is 1.82. The van der Waals surface area contributed by atoms with E-state index < -0.39 is 11.7 Å². The zero-order valence-corrected chi connectivity index (χ0v) is 9.25. The number of imidazole rings is 1. The Kier molecular flexibility index (Phi) is 2.73. The van der Waals surface area contributed by atoms with Gasteiger partial charge in [0.2, 0.25) is 0 Å². The molecular formula is C11H12F3N3. The molecule has 1 heterocycles. The first kappa shape index (κ1) is 11.8. The molecule has 0 unspecified atom stereocenters. The number of nitrogens with two attached hydrogens (primary N) is 1. The van der Waals surface area contributed by atoms with Crippen LogP contribution in [0.3, 0.4) is 0 Å². The highest BCUT2D eigenvalue weighted by atomic mass is 19.4. The maximum atomic E-state index is 12.6. The highest BCUT2D eigenvalue weighted by Gasteiger charge is 2.31. The van der Waals surface area contributed by atoms with Gasteiger partial charge in [0, 0.05) is 6.54 Å². The third-order valence-corrected chi connectivity index (χ3v) is 2.53. The minimum absolute atomic E-state index is 0.112.